The van der Waals surface area contributed by atoms with Crippen LogP contribution in [-0.2, 0) is 0 Å². The Morgan fingerprint density at radius 1 is 0.920 bits per heavy atom. The first-order valence-corrected chi connectivity index (χ1v) is 8.01. The molecule has 2 aromatic rings. The van der Waals surface area contributed by atoms with Gasteiger partial charge in [0.25, 0.3) is 5.91 Å². The summed E-state index contributed by atoms with van der Waals surface area (Å²) in [5, 5.41) is 3.32. The highest BCUT2D eigenvalue weighted by molar-refractivity contribution is 7.80. The minimum Gasteiger partial charge on any atom is -0.493 e. The van der Waals surface area contributed by atoms with Crippen LogP contribution < -0.4 is 25.6 Å². The summed E-state index contributed by atoms with van der Waals surface area (Å²) in [7, 11) is 3.05. The molecular formula is C18H21N3O3S. The fourth-order valence-electron chi connectivity index (χ4n) is 2.37. The number of hydrazine groups is 1. The van der Waals surface area contributed by atoms with E-state index in [0.29, 0.717) is 22.2 Å². The van der Waals surface area contributed by atoms with Gasteiger partial charge in [0.2, 0.25) is 0 Å². The quantitative estimate of drug-likeness (QED) is 0.576. The molecule has 0 aliphatic heterocycles. The van der Waals surface area contributed by atoms with Crippen LogP contribution in [0.2, 0.25) is 0 Å². The molecule has 25 heavy (non-hydrogen) atoms. The van der Waals surface area contributed by atoms with Crippen LogP contribution in [0, 0.1) is 13.8 Å². The first-order valence-electron chi connectivity index (χ1n) is 7.60. The van der Waals surface area contributed by atoms with Gasteiger partial charge in [-0.15, -0.1) is 0 Å². The Hall–Kier alpha value is -2.80. The lowest BCUT2D eigenvalue weighted by molar-refractivity contribution is 0.0944. The van der Waals surface area contributed by atoms with Gasteiger partial charge in [-0.05, 0) is 67.5 Å². The van der Waals surface area contributed by atoms with Crippen LogP contribution in [0.4, 0.5) is 5.69 Å². The highest BCUT2D eigenvalue weighted by atomic mass is 32.1. The van der Waals surface area contributed by atoms with E-state index in [9.17, 15) is 4.79 Å². The Labute approximate surface area is 152 Å². The van der Waals surface area contributed by atoms with Gasteiger partial charge in [0, 0.05) is 11.3 Å². The zero-order valence-electron chi connectivity index (χ0n) is 14.6. The molecule has 0 atom stereocenters. The monoisotopic (exact) mass is 359 g/mol. The number of ether oxygens (including phenoxy) is 2. The molecular weight excluding hydrogens is 338 g/mol. The Morgan fingerprint density at radius 2 is 1.56 bits per heavy atom. The van der Waals surface area contributed by atoms with Gasteiger partial charge in [-0.1, -0.05) is 6.07 Å². The molecule has 0 aliphatic rings. The highest BCUT2D eigenvalue weighted by Gasteiger charge is 2.11. The number of rotatable bonds is 4. The minimum atomic E-state index is -0.342. The number of carbonyl (C=O) groups excluding carboxylic acids is 1. The maximum absolute atomic E-state index is 12.2. The molecule has 2 rings (SSSR count). The van der Waals surface area contributed by atoms with E-state index in [1.807, 2.05) is 26.0 Å². The normalized spacial score (nSPS) is 9.92. The van der Waals surface area contributed by atoms with E-state index in [-0.39, 0.29) is 5.91 Å². The van der Waals surface area contributed by atoms with Gasteiger partial charge in [-0.25, -0.2) is 0 Å². The van der Waals surface area contributed by atoms with Crippen molar-refractivity contribution in [3.8, 4) is 11.5 Å². The number of nitrogens with one attached hydrogen (secondary N) is 3. The molecule has 1 amide bonds. The number of anilines is 1. The van der Waals surface area contributed by atoms with E-state index < -0.39 is 0 Å². The third-order valence-electron chi connectivity index (χ3n) is 3.41. The summed E-state index contributed by atoms with van der Waals surface area (Å²) in [5.74, 6) is 0.690. The first-order chi connectivity index (χ1) is 11.9. The fraction of sp³-hybridized carbons (Fsp3) is 0.222. The molecule has 2 aromatic carbocycles. The van der Waals surface area contributed by atoms with Crippen molar-refractivity contribution in [1.82, 2.24) is 10.9 Å². The third kappa shape index (κ3) is 5.09. The highest BCUT2D eigenvalue weighted by Crippen LogP contribution is 2.27. The first kappa shape index (κ1) is 18.5. The van der Waals surface area contributed by atoms with Crippen molar-refractivity contribution in [2.24, 2.45) is 0 Å². The van der Waals surface area contributed by atoms with Gasteiger partial charge in [0.15, 0.2) is 16.6 Å². The number of methoxy groups -OCH3 is 2. The Morgan fingerprint density at radius 3 is 2.16 bits per heavy atom. The molecule has 0 radical (unpaired) electrons. The summed E-state index contributed by atoms with van der Waals surface area (Å²) in [5.41, 5.74) is 8.75. The molecule has 0 saturated carbocycles. The summed E-state index contributed by atoms with van der Waals surface area (Å²) in [6.45, 7) is 4.01. The summed E-state index contributed by atoms with van der Waals surface area (Å²) in [6.07, 6.45) is 0. The lowest BCUT2D eigenvalue weighted by Gasteiger charge is -2.13. The van der Waals surface area contributed by atoms with E-state index in [2.05, 4.69) is 22.2 Å². The molecule has 3 N–H and O–H groups in total. The number of aryl methyl sites for hydroxylation is 2. The van der Waals surface area contributed by atoms with Crippen molar-refractivity contribution < 1.29 is 14.3 Å². The Bertz CT molecular complexity index is 773. The molecule has 0 saturated heterocycles. The van der Waals surface area contributed by atoms with E-state index in [1.165, 1.54) is 14.2 Å². The largest absolute Gasteiger partial charge is 0.493 e. The molecule has 0 aliphatic carbocycles. The third-order valence-corrected chi connectivity index (χ3v) is 3.62. The SMILES string of the molecule is COc1ccc(C(=O)NNC(=S)Nc2cc(C)cc(C)c2)cc1OC. The number of carbonyl (C=O) groups is 1. The second-order valence-electron chi connectivity index (χ2n) is 5.48. The van der Waals surface area contributed by atoms with Crippen molar-refractivity contribution >= 4 is 28.9 Å². The maximum Gasteiger partial charge on any atom is 0.269 e. The Kier molecular flexibility index (Phi) is 6.19. The number of amides is 1. The molecule has 132 valence electrons. The number of thiocarbonyl (C=S) groups is 1. The predicted molar refractivity (Wildman–Crippen MR) is 102 cm³/mol. The summed E-state index contributed by atoms with van der Waals surface area (Å²) < 4.78 is 10.3. The van der Waals surface area contributed by atoms with E-state index in [0.717, 1.165) is 16.8 Å². The second kappa shape index (κ2) is 8.34. The van der Waals surface area contributed by atoms with Gasteiger partial charge < -0.3 is 14.8 Å². The van der Waals surface area contributed by atoms with Gasteiger partial charge in [0.05, 0.1) is 14.2 Å². The van der Waals surface area contributed by atoms with Gasteiger partial charge >= 0.3 is 0 Å². The zero-order valence-corrected chi connectivity index (χ0v) is 15.4. The second-order valence-corrected chi connectivity index (χ2v) is 5.89. The molecule has 0 fully saturated rings. The van der Waals surface area contributed by atoms with Crippen LogP contribution in [0.3, 0.4) is 0 Å². The van der Waals surface area contributed by atoms with Crippen LogP contribution in [0.1, 0.15) is 21.5 Å². The van der Waals surface area contributed by atoms with Gasteiger partial charge in [-0.2, -0.15) is 0 Å². The average molecular weight is 359 g/mol. The van der Waals surface area contributed by atoms with Crippen LogP contribution in [-0.4, -0.2) is 25.2 Å². The molecule has 0 aromatic heterocycles. The Balaban J connectivity index is 1.96. The van der Waals surface area contributed by atoms with Crippen LogP contribution in [0.15, 0.2) is 36.4 Å². The molecule has 0 bridgehead atoms. The van der Waals surface area contributed by atoms with Gasteiger partial charge in [-0.3, -0.25) is 15.6 Å². The van der Waals surface area contributed by atoms with Crippen molar-refractivity contribution in [3.63, 3.8) is 0 Å². The van der Waals surface area contributed by atoms with Crippen molar-refractivity contribution in [1.29, 1.82) is 0 Å². The summed E-state index contributed by atoms with van der Waals surface area (Å²) in [4.78, 5) is 12.2. The zero-order chi connectivity index (χ0) is 18.4. The lowest BCUT2D eigenvalue weighted by Crippen LogP contribution is -2.43. The van der Waals surface area contributed by atoms with Crippen LogP contribution in [0.5, 0.6) is 11.5 Å². The maximum atomic E-state index is 12.2. The van der Waals surface area contributed by atoms with Crippen LogP contribution in [0.25, 0.3) is 0 Å². The summed E-state index contributed by atoms with van der Waals surface area (Å²) in [6, 6.07) is 10.9. The van der Waals surface area contributed by atoms with Crippen molar-refractivity contribution in [3.05, 3.63) is 53.1 Å². The minimum absolute atomic E-state index is 0.291. The average Bonchev–Trinajstić information content (AvgIpc) is 2.58. The molecule has 7 heteroatoms. The van der Waals surface area contributed by atoms with Crippen LogP contribution >= 0.6 is 12.2 Å². The van der Waals surface area contributed by atoms with E-state index >= 15 is 0 Å². The molecule has 0 spiro atoms. The standard InChI is InChI=1S/C18H21N3O3S/c1-11-7-12(2)9-14(8-11)19-18(25)21-20-17(22)13-5-6-15(23-3)16(10-13)24-4/h5-10H,1-4H3,(H,20,22)(H2,19,21,25). The van der Waals surface area contributed by atoms with E-state index in [4.69, 9.17) is 21.7 Å². The topological polar surface area (TPSA) is 71.6 Å². The molecule has 6 nitrogen and oxygen atoms in total. The summed E-state index contributed by atoms with van der Waals surface area (Å²) >= 11 is 5.20. The molecule has 0 heterocycles. The smallest absolute Gasteiger partial charge is 0.269 e. The van der Waals surface area contributed by atoms with Crippen molar-refractivity contribution in [2.45, 2.75) is 13.8 Å². The number of hydrogen-bond acceptors (Lipinski definition) is 4. The molecule has 0 unspecified atom stereocenters. The van der Waals surface area contributed by atoms with Crippen molar-refractivity contribution in [2.75, 3.05) is 19.5 Å². The number of hydrogen-bond donors (Lipinski definition) is 3. The fourth-order valence-corrected chi connectivity index (χ4v) is 2.54. The number of benzene rings is 2. The lowest BCUT2D eigenvalue weighted by atomic mass is 10.1. The van der Waals surface area contributed by atoms with E-state index in [1.54, 1.807) is 18.2 Å². The van der Waals surface area contributed by atoms with Gasteiger partial charge in [0.1, 0.15) is 0 Å². The predicted octanol–water partition coefficient (Wildman–Crippen LogP) is 2.95.